The highest BCUT2D eigenvalue weighted by atomic mass is 16.5. The Hall–Kier alpha value is -2.67. The number of carbonyl (C=O) groups excluding carboxylic acids is 1. The van der Waals surface area contributed by atoms with Crippen LogP contribution in [0.25, 0.3) is 0 Å². The van der Waals surface area contributed by atoms with Gasteiger partial charge in [-0.2, -0.15) is 0 Å². The summed E-state index contributed by atoms with van der Waals surface area (Å²) in [6.45, 7) is 4.32. The number of methoxy groups -OCH3 is 1. The summed E-state index contributed by atoms with van der Waals surface area (Å²) in [5.74, 6) is 0.938. The van der Waals surface area contributed by atoms with Crippen LogP contribution in [0.2, 0.25) is 0 Å². The van der Waals surface area contributed by atoms with Crippen LogP contribution in [0.3, 0.4) is 0 Å². The van der Waals surface area contributed by atoms with Crippen LogP contribution in [0.5, 0.6) is 5.75 Å². The van der Waals surface area contributed by atoms with Crippen molar-refractivity contribution in [3.63, 3.8) is 0 Å². The Morgan fingerprint density at radius 1 is 1.42 bits per heavy atom. The zero-order chi connectivity index (χ0) is 18.5. The number of hydrogen-bond acceptors (Lipinski definition) is 5. The molecule has 0 bridgehead atoms. The van der Waals surface area contributed by atoms with Crippen molar-refractivity contribution in [2.24, 2.45) is 5.92 Å². The summed E-state index contributed by atoms with van der Waals surface area (Å²) in [5, 5.41) is 6.04. The molecule has 3 heterocycles. The molecule has 0 saturated carbocycles. The summed E-state index contributed by atoms with van der Waals surface area (Å²) in [4.78, 5) is 29.6. The lowest BCUT2D eigenvalue weighted by atomic mass is 9.99. The minimum atomic E-state index is -0.443. The molecule has 138 valence electrons. The molecule has 0 radical (unpaired) electrons. The standard InChI is InChI=1S/C19H24N4O3/c1-13-7-9-23(12-14-4-3-8-20-10-14)19(25)17(13)18(24)22-16-6-5-15(26-2)11-21-16/h5-7,9,11,14,20H,3-4,8,10,12H2,1-2H3,(H,21,22,24). The van der Waals surface area contributed by atoms with Crippen molar-refractivity contribution in [1.29, 1.82) is 0 Å². The van der Waals surface area contributed by atoms with Crippen molar-refractivity contribution < 1.29 is 9.53 Å². The fourth-order valence-electron chi connectivity index (χ4n) is 3.20. The molecular weight excluding hydrogens is 332 g/mol. The second-order valence-electron chi connectivity index (χ2n) is 6.58. The third-order valence-corrected chi connectivity index (χ3v) is 4.67. The lowest BCUT2D eigenvalue weighted by molar-refractivity contribution is 0.102. The second kappa shape index (κ2) is 8.14. The first-order valence-electron chi connectivity index (χ1n) is 8.80. The average Bonchev–Trinajstić information content (AvgIpc) is 2.66. The van der Waals surface area contributed by atoms with Crippen LogP contribution < -0.4 is 20.9 Å². The van der Waals surface area contributed by atoms with E-state index in [2.05, 4.69) is 15.6 Å². The molecule has 2 aromatic heterocycles. The normalized spacial score (nSPS) is 16.9. The zero-order valence-corrected chi connectivity index (χ0v) is 15.1. The van der Waals surface area contributed by atoms with Crippen LogP contribution in [0.1, 0.15) is 28.8 Å². The fourth-order valence-corrected chi connectivity index (χ4v) is 3.20. The van der Waals surface area contributed by atoms with Gasteiger partial charge < -0.3 is 19.9 Å². The first-order valence-corrected chi connectivity index (χ1v) is 8.80. The molecule has 2 aromatic rings. The van der Waals surface area contributed by atoms with E-state index in [1.807, 2.05) is 6.07 Å². The number of aryl methyl sites for hydroxylation is 1. The highest BCUT2D eigenvalue weighted by molar-refractivity contribution is 6.04. The molecule has 2 N–H and O–H groups in total. The highest BCUT2D eigenvalue weighted by Crippen LogP contribution is 2.14. The van der Waals surface area contributed by atoms with Crippen LogP contribution in [0, 0.1) is 12.8 Å². The third kappa shape index (κ3) is 4.11. The van der Waals surface area contributed by atoms with Gasteiger partial charge in [-0.15, -0.1) is 0 Å². The molecule has 1 saturated heterocycles. The van der Waals surface area contributed by atoms with Crippen molar-refractivity contribution in [3.8, 4) is 5.75 Å². The van der Waals surface area contributed by atoms with Crippen LogP contribution in [-0.4, -0.2) is 35.7 Å². The van der Waals surface area contributed by atoms with Gasteiger partial charge >= 0.3 is 0 Å². The number of piperidine rings is 1. The van der Waals surface area contributed by atoms with Crippen molar-refractivity contribution in [3.05, 3.63) is 52.1 Å². The van der Waals surface area contributed by atoms with E-state index >= 15 is 0 Å². The van der Waals surface area contributed by atoms with Crippen molar-refractivity contribution in [2.45, 2.75) is 26.3 Å². The highest BCUT2D eigenvalue weighted by Gasteiger charge is 2.19. The van der Waals surface area contributed by atoms with Crippen LogP contribution >= 0.6 is 0 Å². The van der Waals surface area contributed by atoms with Gasteiger partial charge in [0.1, 0.15) is 17.1 Å². The van der Waals surface area contributed by atoms with E-state index in [-0.39, 0.29) is 11.1 Å². The quantitative estimate of drug-likeness (QED) is 0.853. The van der Waals surface area contributed by atoms with Crippen molar-refractivity contribution >= 4 is 11.7 Å². The predicted octanol–water partition coefficient (Wildman–Crippen LogP) is 1.81. The van der Waals surface area contributed by atoms with E-state index in [1.165, 1.54) is 6.20 Å². The number of amides is 1. The van der Waals surface area contributed by atoms with Gasteiger partial charge in [0.15, 0.2) is 0 Å². The van der Waals surface area contributed by atoms with Gasteiger partial charge in [0, 0.05) is 12.7 Å². The van der Waals surface area contributed by atoms with Gasteiger partial charge in [-0.3, -0.25) is 9.59 Å². The first kappa shape index (κ1) is 18.1. The predicted molar refractivity (Wildman–Crippen MR) is 99.8 cm³/mol. The van der Waals surface area contributed by atoms with E-state index in [0.717, 1.165) is 25.9 Å². The summed E-state index contributed by atoms with van der Waals surface area (Å²) in [6, 6.07) is 5.16. The molecule has 0 spiro atoms. The Morgan fingerprint density at radius 2 is 2.27 bits per heavy atom. The number of aromatic nitrogens is 2. The Kier molecular flexibility index (Phi) is 5.68. The Bertz CT molecular complexity index is 824. The van der Waals surface area contributed by atoms with E-state index in [4.69, 9.17) is 4.74 Å². The van der Waals surface area contributed by atoms with Gasteiger partial charge in [-0.1, -0.05) is 0 Å². The van der Waals surface area contributed by atoms with Crippen molar-refractivity contribution in [2.75, 3.05) is 25.5 Å². The van der Waals surface area contributed by atoms with Crippen LogP contribution in [0.4, 0.5) is 5.82 Å². The van der Waals surface area contributed by atoms with Gasteiger partial charge in [0.2, 0.25) is 0 Å². The van der Waals surface area contributed by atoms with Gasteiger partial charge in [0.25, 0.3) is 11.5 Å². The minimum Gasteiger partial charge on any atom is -0.495 e. The Morgan fingerprint density at radius 3 is 2.92 bits per heavy atom. The summed E-state index contributed by atoms with van der Waals surface area (Å²) in [5.41, 5.74) is 0.550. The maximum atomic E-state index is 12.8. The number of ether oxygens (including phenoxy) is 1. The van der Waals surface area contributed by atoms with E-state index in [9.17, 15) is 9.59 Å². The number of nitrogens with zero attached hydrogens (tertiary/aromatic N) is 2. The largest absolute Gasteiger partial charge is 0.495 e. The number of hydrogen-bond donors (Lipinski definition) is 2. The number of carbonyl (C=O) groups is 1. The van der Waals surface area contributed by atoms with Crippen LogP contribution in [-0.2, 0) is 6.54 Å². The number of nitrogens with one attached hydrogen (secondary N) is 2. The van der Waals surface area contributed by atoms with Crippen LogP contribution in [0.15, 0.2) is 35.4 Å². The molecule has 1 aliphatic heterocycles. The molecule has 1 unspecified atom stereocenters. The zero-order valence-electron chi connectivity index (χ0n) is 15.1. The van der Waals surface area contributed by atoms with Gasteiger partial charge in [0.05, 0.1) is 13.3 Å². The molecule has 0 aliphatic carbocycles. The Balaban J connectivity index is 1.80. The monoisotopic (exact) mass is 356 g/mol. The number of anilines is 1. The molecule has 3 rings (SSSR count). The fraction of sp³-hybridized carbons (Fsp3) is 0.421. The van der Waals surface area contributed by atoms with Gasteiger partial charge in [-0.25, -0.2) is 4.98 Å². The number of pyridine rings is 2. The molecule has 1 amide bonds. The lowest BCUT2D eigenvalue weighted by Crippen LogP contribution is -2.36. The smallest absolute Gasteiger partial charge is 0.263 e. The second-order valence-corrected chi connectivity index (χ2v) is 6.58. The van der Waals surface area contributed by atoms with E-state index < -0.39 is 5.91 Å². The summed E-state index contributed by atoms with van der Waals surface area (Å²) >= 11 is 0. The molecule has 1 atom stereocenters. The van der Waals surface area contributed by atoms with E-state index in [1.54, 1.807) is 36.9 Å². The van der Waals surface area contributed by atoms with E-state index in [0.29, 0.717) is 29.6 Å². The third-order valence-electron chi connectivity index (χ3n) is 4.67. The lowest BCUT2D eigenvalue weighted by Gasteiger charge is -2.23. The molecule has 26 heavy (non-hydrogen) atoms. The topological polar surface area (TPSA) is 85.2 Å². The SMILES string of the molecule is COc1ccc(NC(=O)c2c(C)ccn(CC3CCCNC3)c2=O)nc1. The minimum absolute atomic E-state index is 0.161. The maximum absolute atomic E-state index is 12.8. The van der Waals surface area contributed by atoms with Gasteiger partial charge in [-0.05, 0) is 62.5 Å². The molecule has 7 nitrogen and oxygen atoms in total. The summed E-state index contributed by atoms with van der Waals surface area (Å²) in [6.07, 6.45) is 5.49. The first-order chi connectivity index (χ1) is 12.6. The number of rotatable bonds is 5. The summed E-state index contributed by atoms with van der Waals surface area (Å²) < 4.78 is 6.69. The maximum Gasteiger partial charge on any atom is 0.263 e. The molecule has 7 heteroatoms. The average molecular weight is 356 g/mol. The Labute approximate surface area is 152 Å². The molecule has 1 aliphatic rings. The summed E-state index contributed by atoms with van der Waals surface area (Å²) in [7, 11) is 1.55. The van der Waals surface area contributed by atoms with Crippen molar-refractivity contribution in [1.82, 2.24) is 14.9 Å². The molecular formula is C19H24N4O3. The molecule has 0 aromatic carbocycles. The molecule has 1 fully saturated rings.